The Morgan fingerprint density at radius 1 is 1.16 bits per heavy atom. The van der Waals surface area contributed by atoms with E-state index in [2.05, 4.69) is 25.0 Å². The number of fused-ring (bicyclic) bond motifs is 1. The van der Waals surface area contributed by atoms with Gasteiger partial charge in [0.2, 0.25) is 0 Å². The van der Waals surface area contributed by atoms with Crippen LogP contribution < -0.4 is 16.1 Å². The van der Waals surface area contributed by atoms with E-state index in [0.717, 1.165) is 36.3 Å². The second-order valence-electron chi connectivity index (χ2n) is 6.95. The average molecular weight is 338 g/mol. The van der Waals surface area contributed by atoms with E-state index in [9.17, 15) is 9.59 Å². The molecule has 0 aromatic carbocycles. The van der Waals surface area contributed by atoms with Gasteiger partial charge in [0.25, 0.3) is 5.56 Å². The summed E-state index contributed by atoms with van der Waals surface area (Å²) in [7, 11) is 0. The number of hydrogen-bond donors (Lipinski definition) is 2. The smallest absolute Gasteiger partial charge is 0.325 e. The zero-order chi connectivity index (χ0) is 17.0. The van der Waals surface area contributed by atoms with Gasteiger partial charge in [-0.2, -0.15) is 5.10 Å². The van der Waals surface area contributed by atoms with Gasteiger partial charge in [-0.05, 0) is 17.9 Å². The Bertz CT molecular complexity index is 1050. The standard InChI is InChI=1S/C17H18N6O2/c24-16-12(7-19-17(25)20-16)13-6-14(15-18-4-5-23(15)21-13)22-8-11(9-22)10-2-1-3-10/h4-7,10-11H,1-3,8-9H2,(H2,19,20,24,25). The quantitative estimate of drug-likeness (QED) is 0.742. The van der Waals surface area contributed by atoms with Gasteiger partial charge in [-0.3, -0.25) is 9.78 Å². The lowest BCUT2D eigenvalue weighted by Crippen LogP contribution is -2.51. The lowest BCUT2D eigenvalue weighted by atomic mass is 9.72. The van der Waals surface area contributed by atoms with E-state index in [4.69, 9.17) is 0 Å². The van der Waals surface area contributed by atoms with Crippen molar-refractivity contribution in [3.05, 3.63) is 45.5 Å². The van der Waals surface area contributed by atoms with E-state index in [1.165, 1.54) is 25.5 Å². The summed E-state index contributed by atoms with van der Waals surface area (Å²) in [5.41, 5.74) is 1.66. The molecule has 0 spiro atoms. The molecule has 2 aliphatic rings. The molecule has 1 saturated carbocycles. The molecule has 0 amide bonds. The summed E-state index contributed by atoms with van der Waals surface area (Å²) in [4.78, 5) is 34.8. The van der Waals surface area contributed by atoms with Gasteiger partial charge in [0, 0.05) is 31.7 Å². The van der Waals surface area contributed by atoms with Gasteiger partial charge in [-0.25, -0.2) is 14.3 Å². The highest BCUT2D eigenvalue weighted by Crippen LogP contribution is 2.40. The molecule has 4 heterocycles. The molecule has 5 rings (SSSR count). The topological polar surface area (TPSA) is 99.2 Å². The maximum atomic E-state index is 12.1. The first kappa shape index (κ1) is 14.4. The fourth-order valence-corrected chi connectivity index (χ4v) is 3.78. The highest BCUT2D eigenvalue weighted by Gasteiger charge is 2.37. The summed E-state index contributed by atoms with van der Waals surface area (Å²) in [6, 6.07) is 1.89. The number of H-pyrrole nitrogens is 2. The molecular formula is C17H18N6O2. The molecule has 2 N–H and O–H groups in total. The van der Waals surface area contributed by atoms with Gasteiger partial charge in [0.05, 0.1) is 11.3 Å². The third kappa shape index (κ3) is 2.28. The van der Waals surface area contributed by atoms with Crippen LogP contribution in [0.15, 0.2) is 34.2 Å². The first-order valence-electron chi connectivity index (χ1n) is 8.61. The molecule has 1 aliphatic heterocycles. The Kier molecular flexibility index (Phi) is 3.06. The Morgan fingerprint density at radius 2 is 2.00 bits per heavy atom. The maximum Gasteiger partial charge on any atom is 0.325 e. The predicted octanol–water partition coefficient (Wildman–Crippen LogP) is 1.01. The minimum Gasteiger partial charge on any atom is -0.368 e. The van der Waals surface area contributed by atoms with Crippen molar-refractivity contribution in [1.29, 1.82) is 0 Å². The number of aromatic nitrogens is 5. The van der Waals surface area contributed by atoms with Crippen LogP contribution in [0.25, 0.3) is 16.9 Å². The molecule has 3 aromatic rings. The number of hydrogen-bond acceptors (Lipinski definition) is 5. The molecule has 2 fully saturated rings. The lowest BCUT2D eigenvalue weighted by Gasteiger charge is -2.47. The first-order valence-corrected chi connectivity index (χ1v) is 8.61. The normalized spacial score (nSPS) is 18.3. The molecule has 3 aromatic heterocycles. The van der Waals surface area contributed by atoms with Crippen molar-refractivity contribution in [2.45, 2.75) is 19.3 Å². The monoisotopic (exact) mass is 338 g/mol. The summed E-state index contributed by atoms with van der Waals surface area (Å²) in [5.74, 6) is 1.63. The van der Waals surface area contributed by atoms with Crippen LogP contribution in [0.3, 0.4) is 0 Å². The van der Waals surface area contributed by atoms with Gasteiger partial charge < -0.3 is 9.88 Å². The highest BCUT2D eigenvalue weighted by molar-refractivity contribution is 5.75. The molecule has 1 aliphatic carbocycles. The number of aromatic amines is 2. The molecule has 128 valence electrons. The van der Waals surface area contributed by atoms with Crippen molar-refractivity contribution in [3.63, 3.8) is 0 Å². The van der Waals surface area contributed by atoms with Crippen molar-refractivity contribution in [2.24, 2.45) is 11.8 Å². The molecule has 25 heavy (non-hydrogen) atoms. The van der Waals surface area contributed by atoms with Crippen LogP contribution in [0.2, 0.25) is 0 Å². The van der Waals surface area contributed by atoms with Crippen molar-refractivity contribution in [1.82, 2.24) is 24.6 Å². The first-order chi connectivity index (χ1) is 12.2. The van der Waals surface area contributed by atoms with E-state index in [0.29, 0.717) is 11.3 Å². The molecule has 8 heteroatoms. The zero-order valence-electron chi connectivity index (χ0n) is 13.6. The van der Waals surface area contributed by atoms with Crippen molar-refractivity contribution in [2.75, 3.05) is 18.0 Å². The van der Waals surface area contributed by atoms with Crippen LogP contribution in [0.4, 0.5) is 5.69 Å². The van der Waals surface area contributed by atoms with Crippen LogP contribution in [0, 0.1) is 11.8 Å². The largest absolute Gasteiger partial charge is 0.368 e. The molecule has 1 saturated heterocycles. The van der Waals surface area contributed by atoms with Crippen molar-refractivity contribution in [3.8, 4) is 11.3 Å². The third-order valence-electron chi connectivity index (χ3n) is 5.50. The van der Waals surface area contributed by atoms with Crippen LogP contribution in [0.5, 0.6) is 0 Å². The van der Waals surface area contributed by atoms with Crippen molar-refractivity contribution < 1.29 is 0 Å². The van der Waals surface area contributed by atoms with Crippen LogP contribution in [-0.2, 0) is 0 Å². The second-order valence-corrected chi connectivity index (χ2v) is 6.95. The summed E-state index contributed by atoms with van der Waals surface area (Å²) in [6.45, 7) is 2.05. The van der Waals surface area contributed by atoms with E-state index < -0.39 is 11.2 Å². The van der Waals surface area contributed by atoms with Gasteiger partial charge in [0.15, 0.2) is 5.65 Å². The predicted molar refractivity (Wildman–Crippen MR) is 92.7 cm³/mol. The number of rotatable bonds is 3. The molecule has 0 atom stereocenters. The third-order valence-corrected chi connectivity index (χ3v) is 5.50. The van der Waals surface area contributed by atoms with E-state index >= 15 is 0 Å². The van der Waals surface area contributed by atoms with Crippen LogP contribution in [-0.4, -0.2) is 37.7 Å². The number of nitrogens with one attached hydrogen (secondary N) is 2. The van der Waals surface area contributed by atoms with E-state index in [1.807, 2.05) is 6.07 Å². The fraction of sp³-hybridized carbons (Fsp3) is 0.412. The van der Waals surface area contributed by atoms with Crippen LogP contribution >= 0.6 is 0 Å². The zero-order valence-corrected chi connectivity index (χ0v) is 13.6. The second kappa shape index (κ2) is 5.30. The van der Waals surface area contributed by atoms with Gasteiger partial charge >= 0.3 is 5.69 Å². The summed E-state index contributed by atoms with van der Waals surface area (Å²) in [5, 5.41) is 4.46. The fourth-order valence-electron chi connectivity index (χ4n) is 3.78. The van der Waals surface area contributed by atoms with E-state index in [-0.39, 0.29) is 0 Å². The lowest BCUT2D eigenvalue weighted by molar-refractivity contribution is 0.173. The Morgan fingerprint density at radius 3 is 2.72 bits per heavy atom. The van der Waals surface area contributed by atoms with Gasteiger partial charge in [0.1, 0.15) is 5.69 Å². The number of anilines is 1. The molecule has 0 unspecified atom stereocenters. The van der Waals surface area contributed by atoms with E-state index in [1.54, 1.807) is 16.9 Å². The maximum absolute atomic E-state index is 12.1. The van der Waals surface area contributed by atoms with Crippen LogP contribution in [0.1, 0.15) is 19.3 Å². The summed E-state index contributed by atoms with van der Waals surface area (Å²) >= 11 is 0. The Balaban J connectivity index is 1.55. The summed E-state index contributed by atoms with van der Waals surface area (Å²) < 4.78 is 1.69. The summed E-state index contributed by atoms with van der Waals surface area (Å²) in [6.07, 6.45) is 8.95. The number of imidazole rings is 1. The highest BCUT2D eigenvalue weighted by atomic mass is 16.2. The SMILES string of the molecule is O=c1[nH]cc(-c2cc(N3CC(C4CCC4)C3)c3nccn3n2)c(=O)[nH]1. The minimum atomic E-state index is -0.524. The van der Waals surface area contributed by atoms with Crippen molar-refractivity contribution >= 4 is 11.3 Å². The molecule has 0 radical (unpaired) electrons. The molecule has 0 bridgehead atoms. The Labute approximate surface area is 142 Å². The molecule has 8 nitrogen and oxygen atoms in total. The molecular weight excluding hydrogens is 320 g/mol. The average Bonchev–Trinajstić information content (AvgIpc) is 2.96. The van der Waals surface area contributed by atoms with Gasteiger partial charge in [-0.1, -0.05) is 19.3 Å². The number of nitrogens with zero attached hydrogens (tertiary/aromatic N) is 4. The Hall–Kier alpha value is -2.90. The van der Waals surface area contributed by atoms with Gasteiger partial charge in [-0.15, -0.1) is 0 Å². The minimum absolute atomic E-state index is 0.340.